The number of hydrogen-bond acceptors (Lipinski definition) is 1. The topological polar surface area (TPSA) is 20.2 Å². The van der Waals surface area contributed by atoms with Crippen LogP contribution in [-0.4, -0.2) is 17.6 Å². The Morgan fingerprint density at radius 2 is 1.80 bits per heavy atom. The molecule has 1 aromatic rings. The summed E-state index contributed by atoms with van der Waals surface area (Å²) in [6, 6.07) is 6.90. The minimum absolute atomic E-state index is 0.447. The second-order valence-electron chi connectivity index (χ2n) is 3.95. The van der Waals surface area contributed by atoms with Gasteiger partial charge in [0.2, 0.25) is 0 Å². The summed E-state index contributed by atoms with van der Waals surface area (Å²) in [6.45, 7) is -1.08. The Bertz CT molecular complexity index is 357. The van der Waals surface area contributed by atoms with Gasteiger partial charge < -0.3 is 5.11 Å². The maximum Gasteiger partial charge on any atom is 0.280 e. The highest BCUT2D eigenvalue weighted by molar-refractivity contribution is 9.10. The highest BCUT2D eigenvalue weighted by Crippen LogP contribution is 2.58. The summed E-state index contributed by atoms with van der Waals surface area (Å²) in [5.41, 5.74) is -0.507. The van der Waals surface area contributed by atoms with E-state index in [4.69, 9.17) is 5.11 Å². The van der Waals surface area contributed by atoms with Crippen molar-refractivity contribution in [2.45, 2.75) is 24.2 Å². The zero-order valence-corrected chi connectivity index (χ0v) is 9.60. The van der Waals surface area contributed by atoms with Gasteiger partial charge in [-0.05, 0) is 30.5 Å². The molecule has 1 aliphatic carbocycles. The number of rotatable bonds is 3. The quantitative estimate of drug-likeness (QED) is 0.900. The molecule has 0 spiro atoms. The molecule has 0 amide bonds. The van der Waals surface area contributed by atoms with Crippen molar-refractivity contribution >= 4 is 15.9 Å². The van der Waals surface area contributed by atoms with Crippen LogP contribution in [0.1, 0.15) is 18.4 Å². The Morgan fingerprint density at radius 1 is 1.27 bits per heavy atom. The van der Waals surface area contributed by atoms with E-state index in [9.17, 15) is 8.78 Å². The van der Waals surface area contributed by atoms with Crippen molar-refractivity contribution in [3.8, 4) is 0 Å². The van der Waals surface area contributed by atoms with Gasteiger partial charge in [-0.1, -0.05) is 28.1 Å². The molecule has 15 heavy (non-hydrogen) atoms. The fourth-order valence-corrected chi connectivity index (χ4v) is 2.18. The van der Waals surface area contributed by atoms with Crippen molar-refractivity contribution in [2.24, 2.45) is 0 Å². The summed E-state index contributed by atoms with van der Waals surface area (Å²) < 4.78 is 27.9. The van der Waals surface area contributed by atoms with Gasteiger partial charge in [0.1, 0.15) is 6.61 Å². The van der Waals surface area contributed by atoms with Crippen LogP contribution < -0.4 is 0 Å². The second kappa shape index (κ2) is 3.52. The molecule has 0 bridgehead atoms. The van der Waals surface area contributed by atoms with E-state index in [0.29, 0.717) is 18.4 Å². The Kier molecular flexibility index (Phi) is 2.59. The van der Waals surface area contributed by atoms with E-state index in [1.165, 1.54) is 0 Å². The molecule has 0 radical (unpaired) electrons. The average Bonchev–Trinajstić information content (AvgIpc) is 3.00. The van der Waals surface area contributed by atoms with E-state index in [1.807, 2.05) is 0 Å². The van der Waals surface area contributed by atoms with Gasteiger partial charge in [0.25, 0.3) is 5.92 Å². The van der Waals surface area contributed by atoms with Crippen molar-refractivity contribution < 1.29 is 13.9 Å². The molecule has 0 saturated heterocycles. The van der Waals surface area contributed by atoms with E-state index >= 15 is 0 Å². The van der Waals surface area contributed by atoms with Crippen molar-refractivity contribution in [1.29, 1.82) is 0 Å². The van der Waals surface area contributed by atoms with Crippen LogP contribution in [0.25, 0.3) is 0 Å². The molecule has 1 fully saturated rings. The maximum absolute atomic E-state index is 13.5. The molecular formula is C11H11BrF2O. The Labute approximate surface area is 95.2 Å². The van der Waals surface area contributed by atoms with E-state index in [0.717, 1.165) is 4.47 Å². The van der Waals surface area contributed by atoms with Crippen LogP contribution in [0.15, 0.2) is 28.7 Å². The van der Waals surface area contributed by atoms with Gasteiger partial charge in [-0.25, -0.2) is 8.78 Å². The molecule has 1 N–H and O–H groups in total. The van der Waals surface area contributed by atoms with E-state index in [-0.39, 0.29) is 0 Å². The lowest BCUT2D eigenvalue weighted by atomic mass is 9.89. The van der Waals surface area contributed by atoms with Gasteiger partial charge in [-0.3, -0.25) is 0 Å². The van der Waals surface area contributed by atoms with Gasteiger partial charge in [0, 0.05) is 4.47 Å². The zero-order chi connectivity index (χ0) is 11.1. The van der Waals surface area contributed by atoms with E-state index in [2.05, 4.69) is 15.9 Å². The second-order valence-corrected chi connectivity index (χ2v) is 4.87. The Morgan fingerprint density at radius 3 is 2.20 bits per heavy atom. The van der Waals surface area contributed by atoms with Crippen LogP contribution in [0.4, 0.5) is 8.78 Å². The van der Waals surface area contributed by atoms with Crippen LogP contribution in [0.3, 0.4) is 0 Å². The van der Waals surface area contributed by atoms with Crippen LogP contribution in [0.2, 0.25) is 0 Å². The number of aliphatic hydroxyl groups is 1. The fraction of sp³-hybridized carbons (Fsp3) is 0.455. The third-order valence-corrected chi connectivity index (χ3v) is 3.57. The van der Waals surface area contributed by atoms with Crippen LogP contribution in [-0.2, 0) is 5.41 Å². The molecule has 0 aromatic heterocycles. The minimum Gasteiger partial charge on any atom is -0.390 e. The first-order valence-corrected chi connectivity index (χ1v) is 5.56. The Balaban J connectivity index is 2.34. The van der Waals surface area contributed by atoms with E-state index < -0.39 is 17.9 Å². The van der Waals surface area contributed by atoms with Gasteiger partial charge in [-0.15, -0.1) is 0 Å². The standard InChI is InChI=1S/C11H11BrF2O/c12-9-3-1-8(2-4-9)10(5-6-10)11(13,14)7-15/h1-4,15H,5-7H2. The van der Waals surface area contributed by atoms with Crippen molar-refractivity contribution in [3.05, 3.63) is 34.3 Å². The fourth-order valence-electron chi connectivity index (χ4n) is 1.91. The lowest BCUT2D eigenvalue weighted by Crippen LogP contribution is -2.37. The summed E-state index contributed by atoms with van der Waals surface area (Å²) in [7, 11) is 0. The summed E-state index contributed by atoms with van der Waals surface area (Å²) in [5.74, 6) is -3.01. The van der Waals surface area contributed by atoms with Gasteiger partial charge in [-0.2, -0.15) is 0 Å². The Hall–Kier alpha value is -0.480. The molecule has 0 heterocycles. The van der Waals surface area contributed by atoms with Gasteiger partial charge in [0.15, 0.2) is 0 Å². The number of aliphatic hydroxyl groups excluding tert-OH is 1. The molecular weight excluding hydrogens is 266 g/mol. The SMILES string of the molecule is OCC(F)(F)C1(c2ccc(Br)cc2)CC1. The summed E-state index contributed by atoms with van der Waals surface area (Å²) in [4.78, 5) is 0. The lowest BCUT2D eigenvalue weighted by Gasteiger charge is -2.25. The molecule has 0 aliphatic heterocycles. The average molecular weight is 277 g/mol. The zero-order valence-electron chi connectivity index (χ0n) is 8.01. The molecule has 1 aromatic carbocycles. The summed E-state index contributed by atoms with van der Waals surface area (Å²) >= 11 is 3.26. The molecule has 1 nitrogen and oxygen atoms in total. The minimum atomic E-state index is -3.01. The highest BCUT2D eigenvalue weighted by Gasteiger charge is 2.62. The first-order chi connectivity index (χ1) is 7.02. The predicted molar refractivity (Wildman–Crippen MR) is 57.1 cm³/mol. The molecule has 2 rings (SSSR count). The largest absolute Gasteiger partial charge is 0.390 e. The molecule has 1 aliphatic rings. The van der Waals surface area contributed by atoms with Gasteiger partial charge >= 0.3 is 0 Å². The van der Waals surface area contributed by atoms with Crippen molar-refractivity contribution in [3.63, 3.8) is 0 Å². The maximum atomic E-state index is 13.5. The van der Waals surface area contributed by atoms with Gasteiger partial charge in [0.05, 0.1) is 5.41 Å². The number of alkyl halides is 2. The number of benzene rings is 1. The smallest absolute Gasteiger partial charge is 0.280 e. The molecule has 0 unspecified atom stereocenters. The summed E-state index contributed by atoms with van der Waals surface area (Å²) in [6.07, 6.45) is 0.893. The molecule has 1 saturated carbocycles. The first-order valence-electron chi connectivity index (χ1n) is 4.77. The predicted octanol–water partition coefficient (Wildman–Crippen LogP) is 3.11. The number of halogens is 3. The molecule has 82 valence electrons. The third-order valence-electron chi connectivity index (χ3n) is 3.05. The number of hydrogen-bond donors (Lipinski definition) is 1. The van der Waals surface area contributed by atoms with Crippen molar-refractivity contribution in [2.75, 3.05) is 6.61 Å². The monoisotopic (exact) mass is 276 g/mol. The van der Waals surface area contributed by atoms with Crippen LogP contribution in [0, 0.1) is 0 Å². The molecule has 4 heteroatoms. The van der Waals surface area contributed by atoms with Crippen LogP contribution in [0.5, 0.6) is 0 Å². The normalized spacial score (nSPS) is 18.9. The summed E-state index contributed by atoms with van der Waals surface area (Å²) in [5, 5.41) is 8.73. The van der Waals surface area contributed by atoms with E-state index in [1.54, 1.807) is 24.3 Å². The molecule has 0 atom stereocenters. The van der Waals surface area contributed by atoms with Crippen LogP contribution >= 0.6 is 15.9 Å². The first kappa shape index (κ1) is 11.0. The van der Waals surface area contributed by atoms with Crippen molar-refractivity contribution in [1.82, 2.24) is 0 Å². The lowest BCUT2D eigenvalue weighted by molar-refractivity contribution is -0.0824. The third kappa shape index (κ3) is 1.70. The highest BCUT2D eigenvalue weighted by atomic mass is 79.9.